The lowest BCUT2D eigenvalue weighted by molar-refractivity contribution is -0.131. The van der Waals surface area contributed by atoms with Crippen LogP contribution in [0.3, 0.4) is 0 Å². The van der Waals surface area contributed by atoms with Gasteiger partial charge in [-0.15, -0.1) is 0 Å². The summed E-state index contributed by atoms with van der Waals surface area (Å²) >= 11 is 0. The van der Waals surface area contributed by atoms with Crippen LogP contribution >= 0.6 is 0 Å². The summed E-state index contributed by atoms with van der Waals surface area (Å²) < 4.78 is 0. The first-order valence-corrected chi connectivity index (χ1v) is 2.53. The first-order chi connectivity index (χ1) is 4.22. The van der Waals surface area contributed by atoms with Crippen LogP contribution in [0, 0.1) is 11.3 Å². The van der Waals surface area contributed by atoms with Gasteiger partial charge in [0.1, 0.15) is 6.42 Å². The summed E-state index contributed by atoms with van der Waals surface area (Å²) in [6.45, 7) is 0. The second-order valence-corrected chi connectivity index (χ2v) is 1.51. The van der Waals surface area contributed by atoms with E-state index in [2.05, 4.69) is 5.43 Å². The summed E-state index contributed by atoms with van der Waals surface area (Å²) in [6, 6.07) is 1.75. The Bertz CT molecular complexity index is 138. The van der Waals surface area contributed by atoms with Gasteiger partial charge in [-0.2, -0.15) is 5.26 Å². The van der Waals surface area contributed by atoms with Crippen LogP contribution in [0.5, 0.6) is 0 Å². The molecule has 0 saturated carbocycles. The van der Waals surface area contributed by atoms with Crippen molar-refractivity contribution in [3.05, 3.63) is 0 Å². The van der Waals surface area contributed by atoms with Crippen LogP contribution in [0.25, 0.3) is 0 Å². The largest absolute Gasteiger partial charge is 0.281 e. The van der Waals surface area contributed by atoms with Crippen molar-refractivity contribution in [1.29, 1.82) is 5.26 Å². The smallest absolute Gasteiger partial charge is 0.250 e. The standard InChI is InChI=1S/C5H9N3O/c1-7-8(2)5(9)3-4-6/h7H,3H2,1-2H3. The number of amides is 1. The average Bonchev–Trinajstić information content (AvgIpc) is 1.87. The predicted molar refractivity (Wildman–Crippen MR) is 32.1 cm³/mol. The van der Waals surface area contributed by atoms with E-state index < -0.39 is 0 Å². The van der Waals surface area contributed by atoms with Crippen molar-refractivity contribution in [3.63, 3.8) is 0 Å². The maximum absolute atomic E-state index is 10.6. The Kier molecular flexibility index (Phi) is 3.40. The van der Waals surface area contributed by atoms with Gasteiger partial charge in [0.2, 0.25) is 0 Å². The molecule has 1 N–H and O–H groups in total. The highest BCUT2D eigenvalue weighted by Gasteiger charge is 2.02. The SMILES string of the molecule is CNN(C)C(=O)CC#N. The average molecular weight is 127 g/mol. The minimum Gasteiger partial charge on any atom is -0.281 e. The molecule has 0 aromatic rings. The molecule has 1 amide bonds. The molecule has 4 heteroatoms. The normalized spacial score (nSPS) is 8.11. The van der Waals surface area contributed by atoms with E-state index in [1.165, 1.54) is 5.01 Å². The van der Waals surface area contributed by atoms with E-state index in [0.29, 0.717) is 0 Å². The Morgan fingerprint density at radius 1 is 1.89 bits per heavy atom. The van der Waals surface area contributed by atoms with E-state index in [-0.39, 0.29) is 12.3 Å². The third-order valence-corrected chi connectivity index (χ3v) is 0.940. The zero-order valence-corrected chi connectivity index (χ0v) is 5.51. The first-order valence-electron chi connectivity index (χ1n) is 2.53. The maximum atomic E-state index is 10.6. The Balaban J connectivity index is 3.62. The Morgan fingerprint density at radius 3 is 2.78 bits per heavy atom. The minimum absolute atomic E-state index is 0.0721. The van der Waals surface area contributed by atoms with Crippen LogP contribution in [-0.2, 0) is 4.79 Å². The lowest BCUT2D eigenvalue weighted by atomic mass is 10.4. The van der Waals surface area contributed by atoms with Crippen molar-refractivity contribution in [2.24, 2.45) is 0 Å². The van der Waals surface area contributed by atoms with Crippen LogP contribution in [0.15, 0.2) is 0 Å². The van der Waals surface area contributed by atoms with Gasteiger partial charge in [0.05, 0.1) is 6.07 Å². The monoisotopic (exact) mass is 127 g/mol. The van der Waals surface area contributed by atoms with Gasteiger partial charge in [-0.3, -0.25) is 9.80 Å². The second kappa shape index (κ2) is 3.87. The van der Waals surface area contributed by atoms with Crippen molar-refractivity contribution in [2.45, 2.75) is 6.42 Å². The molecule has 0 aromatic carbocycles. The molecule has 0 bridgehead atoms. The quantitative estimate of drug-likeness (QED) is 0.508. The van der Waals surface area contributed by atoms with Gasteiger partial charge in [0.25, 0.3) is 5.91 Å². The first kappa shape index (κ1) is 7.92. The number of hydrogen-bond donors (Lipinski definition) is 1. The molecule has 0 aromatic heterocycles. The number of carbonyl (C=O) groups excluding carboxylic acids is 1. The molecule has 0 fully saturated rings. The Labute approximate surface area is 54.0 Å². The zero-order chi connectivity index (χ0) is 7.28. The Morgan fingerprint density at radius 2 is 2.44 bits per heavy atom. The third-order valence-electron chi connectivity index (χ3n) is 0.940. The van der Waals surface area contributed by atoms with E-state index in [9.17, 15) is 4.79 Å². The van der Waals surface area contributed by atoms with E-state index in [1.807, 2.05) is 0 Å². The second-order valence-electron chi connectivity index (χ2n) is 1.51. The molecule has 4 nitrogen and oxygen atoms in total. The molecular weight excluding hydrogens is 118 g/mol. The van der Waals surface area contributed by atoms with Gasteiger partial charge in [-0.25, -0.2) is 5.43 Å². The van der Waals surface area contributed by atoms with Crippen molar-refractivity contribution in [1.82, 2.24) is 10.4 Å². The van der Waals surface area contributed by atoms with Crippen molar-refractivity contribution in [2.75, 3.05) is 14.1 Å². The fourth-order valence-corrected chi connectivity index (χ4v) is 0.311. The highest BCUT2D eigenvalue weighted by molar-refractivity contribution is 5.77. The summed E-state index contributed by atoms with van der Waals surface area (Å²) in [5.74, 6) is -0.222. The number of rotatable bonds is 2. The number of nitrogens with one attached hydrogen (secondary N) is 1. The van der Waals surface area contributed by atoms with Gasteiger partial charge in [0, 0.05) is 14.1 Å². The molecule has 0 spiro atoms. The molecular formula is C5H9N3O. The minimum atomic E-state index is -0.222. The molecule has 50 valence electrons. The lowest BCUT2D eigenvalue weighted by Crippen LogP contribution is -2.36. The topological polar surface area (TPSA) is 56.1 Å². The number of hydrogen-bond acceptors (Lipinski definition) is 3. The van der Waals surface area contributed by atoms with Crippen molar-refractivity contribution in [3.8, 4) is 6.07 Å². The number of carbonyl (C=O) groups is 1. The van der Waals surface area contributed by atoms with Gasteiger partial charge in [0.15, 0.2) is 0 Å². The summed E-state index contributed by atoms with van der Waals surface area (Å²) in [5.41, 5.74) is 2.58. The highest BCUT2D eigenvalue weighted by Crippen LogP contribution is 1.81. The summed E-state index contributed by atoms with van der Waals surface area (Å²) in [7, 11) is 3.19. The highest BCUT2D eigenvalue weighted by atomic mass is 16.2. The van der Waals surface area contributed by atoms with Gasteiger partial charge in [-0.1, -0.05) is 0 Å². The number of hydrazine groups is 1. The van der Waals surface area contributed by atoms with Crippen LogP contribution in [-0.4, -0.2) is 25.0 Å². The molecule has 0 unspecified atom stereocenters. The summed E-state index contributed by atoms with van der Waals surface area (Å²) in [6.07, 6.45) is -0.0721. The van der Waals surface area contributed by atoms with Crippen LogP contribution in [0.1, 0.15) is 6.42 Å². The number of nitrogens with zero attached hydrogens (tertiary/aromatic N) is 2. The van der Waals surface area contributed by atoms with Crippen LogP contribution < -0.4 is 5.43 Å². The molecule has 0 saturated heterocycles. The lowest BCUT2D eigenvalue weighted by Gasteiger charge is -2.11. The molecule has 9 heavy (non-hydrogen) atoms. The predicted octanol–water partition coefficient (Wildman–Crippen LogP) is -0.507. The zero-order valence-electron chi connectivity index (χ0n) is 5.51. The van der Waals surface area contributed by atoms with E-state index in [4.69, 9.17) is 5.26 Å². The van der Waals surface area contributed by atoms with Gasteiger partial charge >= 0.3 is 0 Å². The summed E-state index contributed by atoms with van der Waals surface area (Å²) in [5, 5.41) is 9.32. The molecule has 0 aliphatic carbocycles. The van der Waals surface area contributed by atoms with Gasteiger partial charge < -0.3 is 0 Å². The fourth-order valence-electron chi connectivity index (χ4n) is 0.311. The molecule has 0 heterocycles. The fraction of sp³-hybridized carbons (Fsp3) is 0.600. The Hall–Kier alpha value is -1.08. The van der Waals surface area contributed by atoms with E-state index in [1.54, 1.807) is 20.2 Å². The van der Waals surface area contributed by atoms with Crippen LogP contribution in [0.2, 0.25) is 0 Å². The van der Waals surface area contributed by atoms with Gasteiger partial charge in [-0.05, 0) is 0 Å². The number of nitriles is 1. The van der Waals surface area contributed by atoms with E-state index >= 15 is 0 Å². The summed E-state index contributed by atoms with van der Waals surface area (Å²) in [4.78, 5) is 10.6. The van der Waals surface area contributed by atoms with Crippen molar-refractivity contribution < 1.29 is 4.79 Å². The molecule has 0 rings (SSSR count). The molecule has 0 atom stereocenters. The van der Waals surface area contributed by atoms with Crippen molar-refractivity contribution >= 4 is 5.91 Å². The van der Waals surface area contributed by atoms with Crippen LogP contribution in [0.4, 0.5) is 0 Å². The van der Waals surface area contributed by atoms with E-state index in [0.717, 1.165) is 0 Å². The molecule has 0 radical (unpaired) electrons. The maximum Gasteiger partial charge on any atom is 0.250 e. The molecule has 0 aliphatic heterocycles. The molecule has 0 aliphatic rings. The third kappa shape index (κ3) is 2.67.